The highest BCUT2D eigenvalue weighted by molar-refractivity contribution is 5.79. The summed E-state index contributed by atoms with van der Waals surface area (Å²) in [6.07, 6.45) is 1.18. The van der Waals surface area contributed by atoms with Crippen molar-refractivity contribution in [1.29, 1.82) is 0 Å². The second-order valence-electron chi connectivity index (χ2n) is 6.42. The summed E-state index contributed by atoms with van der Waals surface area (Å²) in [6, 6.07) is 7.71. The molecule has 1 aliphatic rings. The number of rotatable bonds is 9. The number of benzene rings is 1. The normalized spacial score (nSPS) is 19.7. The van der Waals surface area contributed by atoms with E-state index in [4.69, 9.17) is 18.9 Å². The van der Waals surface area contributed by atoms with Gasteiger partial charge in [0.15, 0.2) is 5.96 Å². The van der Waals surface area contributed by atoms with Crippen LogP contribution >= 0.6 is 0 Å². The van der Waals surface area contributed by atoms with Gasteiger partial charge in [-0.1, -0.05) is 0 Å². The SMILES string of the molecule is CN=C(NCC(C)Oc1ccc(OC)cc1)NC(C)COC1CCOC1. The molecular formula is C19H31N3O4. The van der Waals surface area contributed by atoms with E-state index in [2.05, 4.69) is 22.5 Å². The topological polar surface area (TPSA) is 73.3 Å². The summed E-state index contributed by atoms with van der Waals surface area (Å²) in [5.41, 5.74) is 0. The van der Waals surface area contributed by atoms with Gasteiger partial charge in [-0.3, -0.25) is 4.99 Å². The van der Waals surface area contributed by atoms with Gasteiger partial charge < -0.3 is 29.6 Å². The first-order valence-corrected chi connectivity index (χ1v) is 9.08. The highest BCUT2D eigenvalue weighted by atomic mass is 16.5. The van der Waals surface area contributed by atoms with E-state index >= 15 is 0 Å². The Morgan fingerprint density at radius 3 is 2.62 bits per heavy atom. The first-order valence-electron chi connectivity index (χ1n) is 9.08. The molecule has 1 heterocycles. The molecule has 7 nitrogen and oxygen atoms in total. The first-order chi connectivity index (χ1) is 12.6. The van der Waals surface area contributed by atoms with E-state index in [1.165, 1.54) is 0 Å². The molecule has 2 N–H and O–H groups in total. The van der Waals surface area contributed by atoms with Crippen LogP contribution in [-0.2, 0) is 9.47 Å². The van der Waals surface area contributed by atoms with Crippen LogP contribution in [0, 0.1) is 0 Å². The van der Waals surface area contributed by atoms with Gasteiger partial charge in [-0.25, -0.2) is 0 Å². The largest absolute Gasteiger partial charge is 0.497 e. The number of hydrogen-bond donors (Lipinski definition) is 2. The lowest BCUT2D eigenvalue weighted by molar-refractivity contribution is 0.0347. The van der Waals surface area contributed by atoms with Crippen LogP contribution in [-0.4, -0.2) is 64.7 Å². The Bertz CT molecular complexity index is 544. The minimum absolute atomic E-state index is 0.0101. The molecule has 1 fully saturated rings. The van der Waals surface area contributed by atoms with Gasteiger partial charge in [-0.15, -0.1) is 0 Å². The molecule has 0 aliphatic carbocycles. The zero-order valence-electron chi connectivity index (χ0n) is 16.2. The van der Waals surface area contributed by atoms with Crippen molar-refractivity contribution in [2.75, 3.05) is 40.5 Å². The average Bonchev–Trinajstić information content (AvgIpc) is 3.17. The lowest BCUT2D eigenvalue weighted by atomic mass is 10.3. The monoisotopic (exact) mass is 365 g/mol. The Morgan fingerprint density at radius 2 is 2.00 bits per heavy atom. The third-order valence-electron chi connectivity index (χ3n) is 4.03. The molecule has 1 aromatic rings. The third kappa shape index (κ3) is 7.09. The molecule has 0 saturated carbocycles. The highest BCUT2D eigenvalue weighted by Crippen LogP contribution is 2.17. The number of methoxy groups -OCH3 is 1. The summed E-state index contributed by atoms with van der Waals surface area (Å²) < 4.78 is 22.2. The van der Waals surface area contributed by atoms with Crippen molar-refractivity contribution >= 4 is 5.96 Å². The molecule has 7 heteroatoms. The van der Waals surface area contributed by atoms with Crippen LogP contribution in [0.1, 0.15) is 20.3 Å². The summed E-state index contributed by atoms with van der Waals surface area (Å²) in [5, 5.41) is 6.61. The van der Waals surface area contributed by atoms with Gasteiger partial charge in [0.1, 0.15) is 17.6 Å². The van der Waals surface area contributed by atoms with Crippen molar-refractivity contribution in [3.8, 4) is 11.5 Å². The van der Waals surface area contributed by atoms with Gasteiger partial charge in [0, 0.05) is 19.7 Å². The molecule has 3 atom stereocenters. The number of aliphatic imine (C=N–C) groups is 1. The summed E-state index contributed by atoms with van der Waals surface area (Å²) in [6.45, 7) is 6.82. The van der Waals surface area contributed by atoms with E-state index < -0.39 is 0 Å². The fourth-order valence-corrected chi connectivity index (χ4v) is 2.56. The van der Waals surface area contributed by atoms with Gasteiger partial charge >= 0.3 is 0 Å². The molecular weight excluding hydrogens is 334 g/mol. The van der Waals surface area contributed by atoms with E-state index in [1.54, 1.807) is 14.2 Å². The maximum absolute atomic E-state index is 5.89. The van der Waals surface area contributed by atoms with Gasteiger partial charge in [0.2, 0.25) is 0 Å². The van der Waals surface area contributed by atoms with Crippen molar-refractivity contribution < 1.29 is 18.9 Å². The molecule has 0 aromatic heterocycles. The van der Waals surface area contributed by atoms with Crippen LogP contribution in [0.2, 0.25) is 0 Å². The maximum atomic E-state index is 5.89. The molecule has 0 spiro atoms. The Kier molecular flexibility index (Phi) is 8.50. The Labute approximate surface area is 156 Å². The standard InChI is InChI=1S/C19H31N3O4/c1-14(12-25-18-9-10-24-13-18)22-19(20-3)21-11-15(2)26-17-7-5-16(23-4)6-8-17/h5-8,14-15,18H,9-13H2,1-4H3,(H2,20,21,22). The van der Waals surface area contributed by atoms with Gasteiger partial charge in [-0.05, 0) is 44.5 Å². The van der Waals surface area contributed by atoms with Gasteiger partial charge in [0.25, 0.3) is 0 Å². The molecule has 1 aromatic carbocycles. The predicted molar refractivity (Wildman–Crippen MR) is 102 cm³/mol. The van der Waals surface area contributed by atoms with Crippen LogP contribution in [0.5, 0.6) is 11.5 Å². The number of guanidine groups is 1. The van der Waals surface area contributed by atoms with Crippen molar-refractivity contribution in [2.45, 2.75) is 38.5 Å². The third-order valence-corrected chi connectivity index (χ3v) is 4.03. The average molecular weight is 365 g/mol. The zero-order valence-corrected chi connectivity index (χ0v) is 16.2. The molecule has 0 amide bonds. The molecule has 3 unspecified atom stereocenters. The smallest absolute Gasteiger partial charge is 0.191 e. The summed E-state index contributed by atoms with van der Waals surface area (Å²) in [4.78, 5) is 4.25. The van der Waals surface area contributed by atoms with Crippen LogP contribution < -0.4 is 20.1 Å². The van der Waals surface area contributed by atoms with Crippen LogP contribution in [0.15, 0.2) is 29.3 Å². The second kappa shape index (κ2) is 10.9. The minimum atomic E-state index is -0.0101. The second-order valence-corrected chi connectivity index (χ2v) is 6.42. The van der Waals surface area contributed by atoms with Crippen LogP contribution in [0.4, 0.5) is 0 Å². The molecule has 1 saturated heterocycles. The minimum Gasteiger partial charge on any atom is -0.497 e. The summed E-state index contributed by atoms with van der Waals surface area (Å²) >= 11 is 0. The van der Waals surface area contributed by atoms with E-state index in [9.17, 15) is 0 Å². The maximum Gasteiger partial charge on any atom is 0.191 e. The predicted octanol–water partition coefficient (Wildman–Crippen LogP) is 1.82. The number of hydrogen-bond acceptors (Lipinski definition) is 5. The van der Waals surface area contributed by atoms with E-state index in [0.29, 0.717) is 19.8 Å². The van der Waals surface area contributed by atoms with E-state index in [0.717, 1.165) is 30.5 Å². The Hall–Kier alpha value is -1.99. The molecule has 146 valence electrons. The van der Waals surface area contributed by atoms with E-state index in [1.807, 2.05) is 31.2 Å². The van der Waals surface area contributed by atoms with Gasteiger partial charge in [0.05, 0.1) is 33.0 Å². The fourth-order valence-electron chi connectivity index (χ4n) is 2.56. The van der Waals surface area contributed by atoms with E-state index in [-0.39, 0.29) is 18.2 Å². The Morgan fingerprint density at radius 1 is 1.27 bits per heavy atom. The van der Waals surface area contributed by atoms with Crippen LogP contribution in [0.3, 0.4) is 0 Å². The van der Waals surface area contributed by atoms with Crippen molar-refractivity contribution in [3.63, 3.8) is 0 Å². The number of nitrogens with one attached hydrogen (secondary N) is 2. The fraction of sp³-hybridized carbons (Fsp3) is 0.632. The summed E-state index contributed by atoms with van der Waals surface area (Å²) in [7, 11) is 3.40. The van der Waals surface area contributed by atoms with Crippen LogP contribution in [0.25, 0.3) is 0 Å². The zero-order chi connectivity index (χ0) is 18.8. The highest BCUT2D eigenvalue weighted by Gasteiger charge is 2.17. The molecule has 2 rings (SSSR count). The van der Waals surface area contributed by atoms with Crippen molar-refractivity contribution in [2.24, 2.45) is 4.99 Å². The van der Waals surface area contributed by atoms with Crippen molar-refractivity contribution in [1.82, 2.24) is 10.6 Å². The quantitative estimate of drug-likeness (QED) is 0.514. The molecule has 0 radical (unpaired) electrons. The Balaban J connectivity index is 1.67. The molecule has 0 bridgehead atoms. The number of nitrogens with zero attached hydrogens (tertiary/aromatic N) is 1. The van der Waals surface area contributed by atoms with Crippen molar-refractivity contribution in [3.05, 3.63) is 24.3 Å². The summed E-state index contributed by atoms with van der Waals surface area (Å²) in [5.74, 6) is 2.35. The van der Waals surface area contributed by atoms with Gasteiger partial charge in [-0.2, -0.15) is 0 Å². The lowest BCUT2D eigenvalue weighted by Crippen LogP contribution is -2.46. The molecule has 26 heavy (non-hydrogen) atoms. The number of ether oxygens (including phenoxy) is 4. The molecule has 1 aliphatic heterocycles. The lowest BCUT2D eigenvalue weighted by Gasteiger charge is -2.21. The first kappa shape index (κ1) is 20.3.